The van der Waals surface area contributed by atoms with Gasteiger partial charge in [0.25, 0.3) is 0 Å². The second kappa shape index (κ2) is 9.93. The normalized spacial score (nSPS) is 10.6. The van der Waals surface area contributed by atoms with E-state index in [9.17, 15) is 9.59 Å². The summed E-state index contributed by atoms with van der Waals surface area (Å²) in [7, 11) is 0. The molecule has 1 N–H and O–H groups in total. The molecule has 0 radical (unpaired) electrons. The van der Waals surface area contributed by atoms with E-state index >= 15 is 0 Å². The fraction of sp³-hybridized carbons (Fsp3) is 0.391. The van der Waals surface area contributed by atoms with Crippen LogP contribution in [0.5, 0.6) is 0 Å². The molecular weight excluding hydrogens is 350 g/mol. The Kier molecular flexibility index (Phi) is 7.61. The van der Waals surface area contributed by atoms with Gasteiger partial charge in [-0.25, -0.2) is 0 Å². The van der Waals surface area contributed by atoms with E-state index in [-0.39, 0.29) is 6.04 Å². The minimum atomic E-state index is -0.608. The van der Waals surface area contributed by atoms with Crippen LogP contribution in [-0.2, 0) is 16.1 Å². The van der Waals surface area contributed by atoms with Gasteiger partial charge in [-0.3, -0.25) is 9.59 Å². The van der Waals surface area contributed by atoms with E-state index in [1.165, 1.54) is 0 Å². The maximum Gasteiger partial charge on any atom is 0.313 e. The van der Waals surface area contributed by atoms with Crippen molar-refractivity contribution < 1.29 is 9.59 Å². The summed E-state index contributed by atoms with van der Waals surface area (Å²) < 4.78 is 0. The third-order valence-electron chi connectivity index (χ3n) is 4.86. The highest BCUT2D eigenvalue weighted by molar-refractivity contribution is 6.39. The molecule has 0 saturated carbocycles. The Bertz CT molecular complexity index is 799. The van der Waals surface area contributed by atoms with E-state index < -0.39 is 11.8 Å². The summed E-state index contributed by atoms with van der Waals surface area (Å²) in [5, 5.41) is 2.78. The lowest BCUT2D eigenvalue weighted by Gasteiger charge is -2.26. The van der Waals surface area contributed by atoms with Gasteiger partial charge in [-0.2, -0.15) is 0 Å². The SMILES string of the molecule is CCN(CC)c1ccc(NC(=O)C(=O)N(Cc2ccccc2)C(C)C)c(C)c1. The number of aryl methyl sites for hydroxylation is 1. The highest BCUT2D eigenvalue weighted by Crippen LogP contribution is 2.23. The molecule has 2 amide bonds. The molecule has 0 spiro atoms. The maximum absolute atomic E-state index is 12.8. The first-order valence-electron chi connectivity index (χ1n) is 9.88. The molecule has 2 aromatic rings. The van der Waals surface area contributed by atoms with Crippen molar-refractivity contribution in [1.29, 1.82) is 0 Å². The fourth-order valence-electron chi connectivity index (χ4n) is 3.15. The summed E-state index contributed by atoms with van der Waals surface area (Å²) in [6.07, 6.45) is 0. The van der Waals surface area contributed by atoms with E-state index in [2.05, 4.69) is 24.1 Å². The Labute approximate surface area is 168 Å². The first kappa shape index (κ1) is 21.5. The van der Waals surface area contributed by atoms with Crippen LogP contribution in [0, 0.1) is 6.92 Å². The number of amides is 2. The molecule has 0 aliphatic heterocycles. The van der Waals surface area contributed by atoms with Gasteiger partial charge < -0.3 is 15.1 Å². The van der Waals surface area contributed by atoms with Crippen LogP contribution in [-0.4, -0.2) is 35.8 Å². The van der Waals surface area contributed by atoms with E-state index in [4.69, 9.17) is 0 Å². The lowest BCUT2D eigenvalue weighted by molar-refractivity contribution is -0.144. The van der Waals surface area contributed by atoms with Gasteiger partial charge in [-0.1, -0.05) is 30.3 Å². The van der Waals surface area contributed by atoms with Crippen molar-refractivity contribution in [2.75, 3.05) is 23.3 Å². The number of anilines is 2. The first-order valence-corrected chi connectivity index (χ1v) is 9.88. The molecule has 0 fully saturated rings. The van der Waals surface area contributed by atoms with Crippen molar-refractivity contribution in [2.45, 2.75) is 47.2 Å². The van der Waals surface area contributed by atoms with E-state index in [1.807, 2.05) is 69.3 Å². The van der Waals surface area contributed by atoms with Crippen LogP contribution in [0.15, 0.2) is 48.5 Å². The highest BCUT2D eigenvalue weighted by atomic mass is 16.2. The van der Waals surface area contributed by atoms with Crippen molar-refractivity contribution in [1.82, 2.24) is 4.90 Å². The van der Waals surface area contributed by atoms with E-state index in [0.29, 0.717) is 12.2 Å². The number of carbonyl (C=O) groups is 2. The van der Waals surface area contributed by atoms with Gasteiger partial charge in [0.15, 0.2) is 0 Å². The molecule has 0 aliphatic carbocycles. The second-order valence-electron chi connectivity index (χ2n) is 7.14. The van der Waals surface area contributed by atoms with Crippen LogP contribution in [0.25, 0.3) is 0 Å². The Hall–Kier alpha value is -2.82. The van der Waals surface area contributed by atoms with Crippen molar-refractivity contribution in [2.24, 2.45) is 0 Å². The van der Waals surface area contributed by atoms with Crippen molar-refractivity contribution in [3.05, 3.63) is 59.7 Å². The molecule has 2 aromatic carbocycles. The second-order valence-corrected chi connectivity index (χ2v) is 7.14. The van der Waals surface area contributed by atoms with Crippen molar-refractivity contribution >= 4 is 23.2 Å². The Morgan fingerprint density at radius 1 is 1.00 bits per heavy atom. The molecule has 2 rings (SSSR count). The Morgan fingerprint density at radius 3 is 2.18 bits per heavy atom. The van der Waals surface area contributed by atoms with Gasteiger partial charge in [0, 0.05) is 37.1 Å². The fourth-order valence-corrected chi connectivity index (χ4v) is 3.15. The largest absolute Gasteiger partial charge is 0.372 e. The molecule has 0 atom stereocenters. The van der Waals surface area contributed by atoms with Gasteiger partial charge >= 0.3 is 11.8 Å². The number of nitrogens with zero attached hydrogens (tertiary/aromatic N) is 2. The quantitative estimate of drug-likeness (QED) is 0.731. The maximum atomic E-state index is 12.8. The van der Waals surface area contributed by atoms with Gasteiger partial charge in [0.05, 0.1) is 0 Å². The molecule has 5 heteroatoms. The molecule has 0 heterocycles. The molecule has 5 nitrogen and oxygen atoms in total. The van der Waals surface area contributed by atoms with Crippen LogP contribution in [0.2, 0.25) is 0 Å². The summed E-state index contributed by atoms with van der Waals surface area (Å²) in [6.45, 7) is 12.2. The average molecular weight is 382 g/mol. The van der Waals surface area contributed by atoms with Crippen molar-refractivity contribution in [3.63, 3.8) is 0 Å². The molecule has 28 heavy (non-hydrogen) atoms. The summed E-state index contributed by atoms with van der Waals surface area (Å²) in [4.78, 5) is 29.2. The van der Waals surface area contributed by atoms with Crippen molar-refractivity contribution in [3.8, 4) is 0 Å². The molecule has 0 aromatic heterocycles. The molecule has 0 aliphatic rings. The molecule has 0 unspecified atom stereocenters. The van der Waals surface area contributed by atoms with E-state index in [1.54, 1.807) is 4.90 Å². The Balaban J connectivity index is 2.12. The van der Waals surface area contributed by atoms with Crippen LogP contribution in [0.1, 0.15) is 38.8 Å². The lowest BCUT2D eigenvalue weighted by atomic mass is 10.1. The molecule has 0 bridgehead atoms. The number of carbonyl (C=O) groups excluding carboxylic acids is 2. The standard InChI is InChI=1S/C23H31N3O2/c1-6-25(7-2)20-13-14-21(18(5)15-20)24-22(27)23(28)26(17(3)4)16-19-11-9-8-10-12-19/h8-15,17H,6-7,16H2,1-5H3,(H,24,27). The van der Waals surface area contributed by atoms with Gasteiger partial charge in [0.1, 0.15) is 0 Å². The smallest absolute Gasteiger partial charge is 0.313 e. The number of rotatable bonds is 7. The first-order chi connectivity index (χ1) is 13.4. The van der Waals surface area contributed by atoms with Gasteiger partial charge in [-0.15, -0.1) is 0 Å². The predicted molar refractivity (Wildman–Crippen MR) is 115 cm³/mol. The minimum Gasteiger partial charge on any atom is -0.372 e. The minimum absolute atomic E-state index is 0.0791. The highest BCUT2D eigenvalue weighted by Gasteiger charge is 2.25. The van der Waals surface area contributed by atoms with Crippen LogP contribution >= 0.6 is 0 Å². The van der Waals surface area contributed by atoms with Crippen LogP contribution in [0.3, 0.4) is 0 Å². The number of hydrogen-bond acceptors (Lipinski definition) is 3. The zero-order chi connectivity index (χ0) is 20.7. The lowest BCUT2D eigenvalue weighted by Crippen LogP contribution is -2.43. The van der Waals surface area contributed by atoms with Gasteiger partial charge in [-0.05, 0) is 63.9 Å². The van der Waals surface area contributed by atoms with Crippen LogP contribution in [0.4, 0.5) is 11.4 Å². The van der Waals surface area contributed by atoms with Gasteiger partial charge in [0.2, 0.25) is 0 Å². The summed E-state index contributed by atoms with van der Waals surface area (Å²) >= 11 is 0. The molecule has 150 valence electrons. The van der Waals surface area contributed by atoms with E-state index in [0.717, 1.165) is 29.9 Å². The molecule has 0 saturated heterocycles. The summed E-state index contributed by atoms with van der Waals surface area (Å²) in [6, 6.07) is 15.5. The Morgan fingerprint density at radius 2 is 1.64 bits per heavy atom. The zero-order valence-corrected chi connectivity index (χ0v) is 17.5. The summed E-state index contributed by atoms with van der Waals surface area (Å²) in [5.74, 6) is -1.13. The number of nitrogens with one attached hydrogen (secondary N) is 1. The zero-order valence-electron chi connectivity index (χ0n) is 17.5. The number of hydrogen-bond donors (Lipinski definition) is 1. The third kappa shape index (κ3) is 5.35. The summed E-state index contributed by atoms with van der Waals surface area (Å²) in [5.41, 5.74) is 3.71. The number of benzene rings is 2. The predicted octanol–water partition coefficient (Wildman–Crippen LogP) is 4.22. The third-order valence-corrected chi connectivity index (χ3v) is 4.86. The topological polar surface area (TPSA) is 52.7 Å². The average Bonchev–Trinajstić information content (AvgIpc) is 2.69. The monoisotopic (exact) mass is 381 g/mol. The van der Waals surface area contributed by atoms with Crippen LogP contribution < -0.4 is 10.2 Å². The molecular formula is C23H31N3O2.